The summed E-state index contributed by atoms with van der Waals surface area (Å²) in [5.41, 5.74) is 5.30. The zero-order chi connectivity index (χ0) is 22.5. The maximum Gasteiger partial charge on any atom is 2.00 e. The Labute approximate surface area is 211 Å². The first-order valence-corrected chi connectivity index (χ1v) is 11.3. The summed E-state index contributed by atoms with van der Waals surface area (Å²) in [5, 5.41) is 0. The van der Waals surface area contributed by atoms with Crippen LogP contribution in [0.25, 0.3) is 22.6 Å². The average molecular weight is 619 g/mol. The van der Waals surface area contributed by atoms with Crippen LogP contribution in [0.1, 0.15) is 63.5 Å². The van der Waals surface area contributed by atoms with Gasteiger partial charge in [0.05, 0.1) is 12.0 Å². The summed E-state index contributed by atoms with van der Waals surface area (Å²) in [7, 11) is 0. The van der Waals surface area contributed by atoms with E-state index in [9.17, 15) is 0 Å². The van der Waals surface area contributed by atoms with Crippen LogP contribution >= 0.6 is 0 Å². The first-order chi connectivity index (χ1) is 15.6. The van der Waals surface area contributed by atoms with Crippen molar-refractivity contribution in [3.8, 4) is 34.4 Å². The number of aromatic amines is 1. The van der Waals surface area contributed by atoms with Gasteiger partial charge < -0.3 is 9.72 Å². The van der Waals surface area contributed by atoms with Crippen molar-refractivity contribution in [2.24, 2.45) is 0 Å². The van der Waals surface area contributed by atoms with E-state index >= 15 is 0 Å². The number of aromatic nitrogens is 3. The number of ether oxygens (including phenoxy) is 1. The fourth-order valence-corrected chi connectivity index (χ4v) is 3.56. The topological polar surface area (TPSA) is 50.8 Å². The van der Waals surface area contributed by atoms with E-state index < -0.39 is 0 Å². The molecule has 0 radical (unpaired) electrons. The molecule has 0 spiro atoms. The smallest absolute Gasteiger partial charge is 0.421 e. The zero-order valence-electron chi connectivity index (χ0n) is 19.5. The van der Waals surface area contributed by atoms with E-state index in [4.69, 9.17) is 4.74 Å². The van der Waals surface area contributed by atoms with Crippen LogP contribution in [0.5, 0.6) is 11.8 Å². The van der Waals surface area contributed by atoms with Crippen LogP contribution in [0.4, 0.5) is 0 Å². The molecule has 2 aromatic heterocycles. The molecule has 2 heterocycles. The predicted molar refractivity (Wildman–Crippen MR) is 129 cm³/mol. The minimum Gasteiger partial charge on any atom is -0.421 e. The van der Waals surface area contributed by atoms with Crippen LogP contribution in [0, 0.1) is 12.1 Å². The molecule has 5 heteroatoms. The largest absolute Gasteiger partial charge is 2.00 e. The maximum atomic E-state index is 5.96. The van der Waals surface area contributed by atoms with Crippen LogP contribution in [0.15, 0.2) is 60.8 Å². The SMILES string of the molecule is CCC(C)c1cc[c-]c(-c2cccc(Oc3c[nH]c(-c4[c-]ccc(C(C)CC)c4)n3)n2)c1.[Pt+2]. The summed E-state index contributed by atoms with van der Waals surface area (Å²) < 4.78 is 5.96. The quantitative estimate of drug-likeness (QED) is 0.208. The second-order valence-electron chi connectivity index (χ2n) is 8.24. The molecular formula is C28H29N3OPt. The van der Waals surface area contributed by atoms with Gasteiger partial charge in [0, 0.05) is 0 Å². The minimum atomic E-state index is 0. The Kier molecular flexibility index (Phi) is 8.63. The molecule has 0 aliphatic rings. The van der Waals surface area contributed by atoms with Crippen molar-refractivity contribution in [1.82, 2.24) is 15.0 Å². The fourth-order valence-electron chi connectivity index (χ4n) is 3.56. The first kappa shape index (κ1) is 24.9. The molecule has 0 amide bonds. The molecule has 172 valence electrons. The molecule has 33 heavy (non-hydrogen) atoms. The summed E-state index contributed by atoms with van der Waals surface area (Å²) in [6, 6.07) is 24.8. The van der Waals surface area contributed by atoms with Crippen molar-refractivity contribution in [1.29, 1.82) is 0 Å². The monoisotopic (exact) mass is 618 g/mol. The van der Waals surface area contributed by atoms with Crippen molar-refractivity contribution < 1.29 is 25.8 Å². The van der Waals surface area contributed by atoms with Gasteiger partial charge in [-0.3, -0.25) is 4.98 Å². The third kappa shape index (κ3) is 6.00. The van der Waals surface area contributed by atoms with Crippen LogP contribution in [0.2, 0.25) is 0 Å². The number of imidazole rings is 1. The predicted octanol–water partition coefficient (Wildman–Crippen LogP) is 7.56. The first-order valence-electron chi connectivity index (χ1n) is 11.3. The van der Waals surface area contributed by atoms with Crippen molar-refractivity contribution in [2.45, 2.75) is 52.4 Å². The van der Waals surface area contributed by atoms with Crippen molar-refractivity contribution >= 4 is 0 Å². The van der Waals surface area contributed by atoms with Gasteiger partial charge in [0.25, 0.3) is 0 Å². The minimum absolute atomic E-state index is 0. The summed E-state index contributed by atoms with van der Waals surface area (Å²) in [5.74, 6) is 2.71. The molecule has 2 unspecified atom stereocenters. The molecule has 0 saturated heterocycles. The number of benzene rings is 2. The van der Waals surface area contributed by atoms with Crippen LogP contribution in [-0.2, 0) is 21.1 Å². The van der Waals surface area contributed by atoms with E-state index in [0.717, 1.165) is 35.5 Å². The van der Waals surface area contributed by atoms with Gasteiger partial charge >= 0.3 is 21.1 Å². The molecule has 2 aromatic carbocycles. The van der Waals surface area contributed by atoms with Gasteiger partial charge in [0.15, 0.2) is 0 Å². The Morgan fingerprint density at radius 1 is 0.848 bits per heavy atom. The van der Waals surface area contributed by atoms with Crippen LogP contribution in [-0.4, -0.2) is 15.0 Å². The Morgan fingerprint density at radius 2 is 1.48 bits per heavy atom. The average Bonchev–Trinajstić information content (AvgIpc) is 3.32. The summed E-state index contributed by atoms with van der Waals surface area (Å²) in [6.07, 6.45) is 3.94. The maximum absolute atomic E-state index is 5.96. The zero-order valence-corrected chi connectivity index (χ0v) is 21.7. The third-order valence-corrected chi connectivity index (χ3v) is 6.03. The van der Waals surface area contributed by atoms with Crippen LogP contribution in [0.3, 0.4) is 0 Å². The van der Waals surface area contributed by atoms with E-state index in [0.29, 0.717) is 23.6 Å². The number of pyridine rings is 1. The molecule has 4 rings (SSSR count). The molecule has 4 aromatic rings. The Hall–Kier alpha value is -2.71. The molecule has 0 aliphatic carbocycles. The molecule has 0 aliphatic heterocycles. The second-order valence-corrected chi connectivity index (χ2v) is 8.24. The summed E-state index contributed by atoms with van der Waals surface area (Å²) in [4.78, 5) is 12.5. The number of hydrogen-bond donors (Lipinski definition) is 1. The summed E-state index contributed by atoms with van der Waals surface area (Å²) >= 11 is 0. The van der Waals surface area contributed by atoms with E-state index in [2.05, 4.69) is 79.0 Å². The van der Waals surface area contributed by atoms with Crippen LogP contribution < -0.4 is 4.74 Å². The van der Waals surface area contributed by atoms with E-state index in [1.165, 1.54) is 11.1 Å². The van der Waals surface area contributed by atoms with Gasteiger partial charge in [0.2, 0.25) is 11.8 Å². The van der Waals surface area contributed by atoms with Crippen molar-refractivity contribution in [3.05, 3.63) is 84.1 Å². The molecule has 0 fully saturated rings. The van der Waals surface area contributed by atoms with E-state index in [1.54, 1.807) is 6.20 Å². The second kappa shape index (κ2) is 11.4. The third-order valence-electron chi connectivity index (χ3n) is 6.03. The molecule has 0 bridgehead atoms. The summed E-state index contributed by atoms with van der Waals surface area (Å²) in [6.45, 7) is 8.85. The van der Waals surface area contributed by atoms with Gasteiger partial charge in [-0.25, -0.2) is 4.98 Å². The Balaban J connectivity index is 0.00000306. The molecule has 0 saturated carbocycles. The number of hydrogen-bond acceptors (Lipinski definition) is 3. The number of nitrogens with zero attached hydrogens (tertiary/aromatic N) is 2. The van der Waals surface area contributed by atoms with Gasteiger partial charge in [-0.05, 0) is 23.6 Å². The van der Waals surface area contributed by atoms with Crippen molar-refractivity contribution in [3.63, 3.8) is 0 Å². The Morgan fingerprint density at radius 3 is 2.15 bits per heavy atom. The molecule has 1 N–H and O–H groups in total. The fraction of sp³-hybridized carbons (Fsp3) is 0.286. The number of rotatable bonds is 8. The number of H-pyrrole nitrogens is 1. The van der Waals surface area contributed by atoms with E-state index in [1.807, 2.05) is 30.3 Å². The van der Waals surface area contributed by atoms with Gasteiger partial charge in [-0.2, -0.15) is 0 Å². The van der Waals surface area contributed by atoms with Gasteiger partial charge in [0.1, 0.15) is 0 Å². The Bertz CT molecular complexity index is 1190. The molecule has 4 nitrogen and oxygen atoms in total. The molecule has 2 atom stereocenters. The standard InChI is InChI=1S/C28H29N3O.Pt/c1-5-19(3)21-10-7-12-23(16-21)25-14-9-15-26(30-25)32-27-18-29-28(31-27)24-13-8-11-22(17-24)20(4)6-2;/h7-11,14-20H,5-6H2,1-4H3,(H,29,31);/q-2;+2. The van der Waals surface area contributed by atoms with E-state index in [-0.39, 0.29) is 21.1 Å². The van der Waals surface area contributed by atoms with Gasteiger partial charge in [-0.1, -0.05) is 52.7 Å². The normalized spacial score (nSPS) is 12.6. The van der Waals surface area contributed by atoms with Crippen molar-refractivity contribution in [2.75, 3.05) is 0 Å². The van der Waals surface area contributed by atoms with Gasteiger partial charge in [-0.15, -0.1) is 70.8 Å². The number of nitrogens with one attached hydrogen (secondary N) is 1. The molecular weight excluding hydrogens is 589 g/mol.